The number of rotatable bonds is 1. The van der Waals surface area contributed by atoms with E-state index in [1.807, 2.05) is 12.1 Å². The Labute approximate surface area is 126 Å². The number of nitrogens with one attached hydrogen (secondary N) is 1. The average molecular weight is 317 g/mol. The number of halogens is 1. The van der Waals surface area contributed by atoms with Gasteiger partial charge in [0, 0.05) is 5.41 Å². The smallest absolute Gasteiger partial charge is 0.135 e. The van der Waals surface area contributed by atoms with Crippen molar-refractivity contribution in [3.63, 3.8) is 0 Å². The molecule has 0 bridgehead atoms. The standard InChI is InChI=1S/C12H13ClN2S3/c1-12(2,3)10-14-8-4-6(13)7(15-11(16)17)5-9(8)18-10/h4-5H,1-3H3,(H2,15,16,17). The van der Waals surface area contributed by atoms with Crippen molar-refractivity contribution in [3.05, 3.63) is 22.2 Å². The van der Waals surface area contributed by atoms with Crippen LogP contribution in [0.15, 0.2) is 12.1 Å². The molecular weight excluding hydrogens is 304 g/mol. The van der Waals surface area contributed by atoms with Crippen molar-refractivity contribution < 1.29 is 0 Å². The molecule has 0 aliphatic heterocycles. The summed E-state index contributed by atoms with van der Waals surface area (Å²) in [6.07, 6.45) is 0. The molecule has 2 rings (SSSR count). The maximum atomic E-state index is 6.18. The molecule has 0 radical (unpaired) electrons. The van der Waals surface area contributed by atoms with Crippen molar-refractivity contribution in [3.8, 4) is 0 Å². The van der Waals surface area contributed by atoms with Gasteiger partial charge in [-0.3, -0.25) is 0 Å². The normalized spacial score (nSPS) is 11.8. The minimum absolute atomic E-state index is 0.0442. The number of anilines is 1. The third-order valence-electron chi connectivity index (χ3n) is 2.36. The molecule has 6 heteroatoms. The zero-order valence-electron chi connectivity index (χ0n) is 10.2. The van der Waals surface area contributed by atoms with Crippen LogP contribution in [0.1, 0.15) is 25.8 Å². The summed E-state index contributed by atoms with van der Waals surface area (Å²) >= 11 is 16.8. The lowest BCUT2D eigenvalue weighted by Gasteiger charge is -2.13. The van der Waals surface area contributed by atoms with E-state index in [2.05, 4.69) is 43.7 Å². The lowest BCUT2D eigenvalue weighted by atomic mass is 9.98. The highest BCUT2D eigenvalue weighted by Gasteiger charge is 2.19. The minimum Gasteiger partial charge on any atom is -0.340 e. The van der Waals surface area contributed by atoms with Gasteiger partial charge in [-0.15, -0.1) is 24.0 Å². The Morgan fingerprint density at radius 3 is 2.67 bits per heavy atom. The molecule has 0 spiro atoms. The van der Waals surface area contributed by atoms with Gasteiger partial charge in [-0.05, 0) is 12.1 Å². The SMILES string of the molecule is CC(C)(C)c1nc2cc(Cl)c(NC(=S)S)cc2s1. The summed E-state index contributed by atoms with van der Waals surface area (Å²) in [4.78, 5) is 4.62. The van der Waals surface area contributed by atoms with Crippen LogP contribution >= 0.6 is 47.8 Å². The Morgan fingerprint density at radius 1 is 1.44 bits per heavy atom. The first-order valence-electron chi connectivity index (χ1n) is 5.38. The summed E-state index contributed by atoms with van der Waals surface area (Å²) in [7, 11) is 0. The second-order valence-corrected chi connectivity index (χ2v) is 7.59. The Bertz CT molecular complexity index is 614. The van der Waals surface area contributed by atoms with E-state index >= 15 is 0 Å². The lowest BCUT2D eigenvalue weighted by Crippen LogP contribution is -2.09. The van der Waals surface area contributed by atoms with Crippen molar-refractivity contribution in [1.82, 2.24) is 4.98 Å². The summed E-state index contributed by atoms with van der Waals surface area (Å²) in [5.74, 6) is 0. The maximum absolute atomic E-state index is 6.18. The van der Waals surface area contributed by atoms with Crippen LogP contribution in [-0.4, -0.2) is 9.30 Å². The van der Waals surface area contributed by atoms with E-state index in [9.17, 15) is 0 Å². The Morgan fingerprint density at radius 2 is 2.11 bits per heavy atom. The van der Waals surface area contributed by atoms with Crippen LogP contribution in [0.2, 0.25) is 5.02 Å². The van der Waals surface area contributed by atoms with Crippen LogP contribution in [0.4, 0.5) is 5.69 Å². The molecule has 1 N–H and O–H groups in total. The number of thiol groups is 1. The predicted octanol–water partition coefficient (Wildman–Crippen LogP) is 4.87. The van der Waals surface area contributed by atoms with Crippen molar-refractivity contribution in [2.75, 3.05) is 5.32 Å². The molecule has 2 nitrogen and oxygen atoms in total. The predicted molar refractivity (Wildman–Crippen MR) is 88.5 cm³/mol. The first-order valence-corrected chi connectivity index (χ1v) is 7.43. The zero-order valence-corrected chi connectivity index (χ0v) is 13.5. The summed E-state index contributed by atoms with van der Waals surface area (Å²) in [6, 6.07) is 3.82. The molecule has 1 aromatic heterocycles. The number of hydrogen-bond donors (Lipinski definition) is 2. The fourth-order valence-electron chi connectivity index (χ4n) is 1.48. The number of thiocarbonyl (C=S) groups is 1. The van der Waals surface area contributed by atoms with Crippen LogP contribution in [0.5, 0.6) is 0 Å². The maximum Gasteiger partial charge on any atom is 0.135 e. The zero-order chi connectivity index (χ0) is 13.5. The highest BCUT2D eigenvalue weighted by Crippen LogP contribution is 2.35. The van der Waals surface area contributed by atoms with E-state index in [1.54, 1.807) is 11.3 Å². The Hall–Kier alpha value is -0.360. The van der Waals surface area contributed by atoms with Gasteiger partial charge in [0.05, 0.1) is 25.9 Å². The quantitative estimate of drug-likeness (QED) is 0.580. The summed E-state index contributed by atoms with van der Waals surface area (Å²) in [5.41, 5.74) is 1.74. The van der Waals surface area contributed by atoms with Gasteiger partial charge in [0.1, 0.15) is 4.32 Å². The van der Waals surface area contributed by atoms with E-state index in [-0.39, 0.29) is 5.41 Å². The molecule has 0 atom stereocenters. The molecular formula is C12H13ClN2S3. The van der Waals surface area contributed by atoms with Gasteiger partial charge in [0.2, 0.25) is 0 Å². The number of aromatic nitrogens is 1. The fraction of sp³-hybridized carbons (Fsp3) is 0.333. The Kier molecular flexibility index (Phi) is 3.88. The Balaban J connectivity index is 2.54. The first kappa shape index (κ1) is 14.1. The van der Waals surface area contributed by atoms with E-state index in [0.29, 0.717) is 9.34 Å². The van der Waals surface area contributed by atoms with Crippen molar-refractivity contribution in [2.45, 2.75) is 26.2 Å². The van der Waals surface area contributed by atoms with Gasteiger partial charge >= 0.3 is 0 Å². The molecule has 1 heterocycles. The van der Waals surface area contributed by atoms with E-state index in [4.69, 9.17) is 23.8 Å². The molecule has 0 saturated heterocycles. The second-order valence-electron chi connectivity index (χ2n) is 5.00. The third-order valence-corrected chi connectivity index (χ3v) is 4.33. The summed E-state index contributed by atoms with van der Waals surface area (Å²) in [5, 5.41) is 4.65. The molecule has 0 fully saturated rings. The molecule has 0 unspecified atom stereocenters. The van der Waals surface area contributed by atoms with E-state index in [1.165, 1.54) is 0 Å². The second kappa shape index (κ2) is 4.96. The highest BCUT2D eigenvalue weighted by molar-refractivity contribution is 8.11. The molecule has 0 aliphatic carbocycles. The lowest BCUT2D eigenvalue weighted by molar-refractivity contribution is 0.587. The molecule has 18 heavy (non-hydrogen) atoms. The summed E-state index contributed by atoms with van der Waals surface area (Å²) < 4.78 is 1.49. The van der Waals surface area contributed by atoms with Crippen LogP contribution in [0.3, 0.4) is 0 Å². The number of nitrogens with zero attached hydrogens (tertiary/aromatic N) is 1. The van der Waals surface area contributed by atoms with Gasteiger partial charge in [-0.1, -0.05) is 44.6 Å². The van der Waals surface area contributed by atoms with Crippen molar-refractivity contribution >= 4 is 68.0 Å². The summed E-state index contributed by atoms with van der Waals surface area (Å²) in [6.45, 7) is 6.44. The van der Waals surface area contributed by atoms with E-state index < -0.39 is 0 Å². The van der Waals surface area contributed by atoms with Gasteiger partial charge in [0.15, 0.2) is 0 Å². The molecule has 2 aromatic rings. The topological polar surface area (TPSA) is 24.9 Å². The third kappa shape index (κ3) is 2.96. The molecule has 0 amide bonds. The number of hydrogen-bond acceptors (Lipinski definition) is 3. The van der Waals surface area contributed by atoms with E-state index in [0.717, 1.165) is 20.9 Å². The van der Waals surface area contributed by atoms with Crippen molar-refractivity contribution in [2.24, 2.45) is 0 Å². The monoisotopic (exact) mass is 316 g/mol. The number of fused-ring (bicyclic) bond motifs is 1. The molecule has 1 aromatic carbocycles. The molecule has 0 saturated carbocycles. The highest BCUT2D eigenvalue weighted by atomic mass is 35.5. The number of thiazole rings is 1. The fourth-order valence-corrected chi connectivity index (χ4v) is 2.96. The average Bonchev–Trinajstić information content (AvgIpc) is 2.59. The van der Waals surface area contributed by atoms with Crippen molar-refractivity contribution in [1.29, 1.82) is 0 Å². The van der Waals surface area contributed by atoms with Crippen LogP contribution in [0, 0.1) is 0 Å². The van der Waals surface area contributed by atoms with Gasteiger partial charge < -0.3 is 5.32 Å². The molecule has 96 valence electrons. The van der Waals surface area contributed by atoms with Gasteiger partial charge in [-0.25, -0.2) is 4.98 Å². The first-order chi connectivity index (χ1) is 8.27. The van der Waals surface area contributed by atoms with Crippen LogP contribution in [0.25, 0.3) is 10.2 Å². The van der Waals surface area contributed by atoms with Crippen LogP contribution < -0.4 is 5.32 Å². The minimum atomic E-state index is 0.0442. The van der Waals surface area contributed by atoms with Gasteiger partial charge in [0.25, 0.3) is 0 Å². The largest absolute Gasteiger partial charge is 0.340 e. The van der Waals surface area contributed by atoms with Crippen LogP contribution in [-0.2, 0) is 5.41 Å². The van der Waals surface area contributed by atoms with Gasteiger partial charge in [-0.2, -0.15) is 0 Å². The number of benzene rings is 1. The molecule has 0 aliphatic rings.